The third-order valence-corrected chi connectivity index (χ3v) is 12.0. The van der Waals surface area contributed by atoms with Gasteiger partial charge in [-0.3, -0.25) is 9.69 Å². The van der Waals surface area contributed by atoms with Gasteiger partial charge in [-0.1, -0.05) is 83.3 Å². The van der Waals surface area contributed by atoms with Crippen molar-refractivity contribution in [1.29, 1.82) is 0 Å². The molecule has 2 unspecified atom stereocenters. The molecule has 2 atom stereocenters. The molecule has 2 aliphatic heterocycles. The normalized spacial score (nSPS) is 18.5. The van der Waals surface area contributed by atoms with E-state index in [0.717, 1.165) is 64.2 Å². The van der Waals surface area contributed by atoms with E-state index >= 15 is 0 Å². The largest absolute Gasteiger partial charge is 0.493 e. The standard InChI is InChI=1S/C42H50Cl3N3O5.ClH/c1-26-8-7-9-34(22-26)51-21-19-47(32-16-17-32)39(49)37-35(23-33-24-46-25-36(37)48(33)40(50)53-41(5,6)42(43,44)45)31-14-12-30(13-15-31)18-20-52-38-28(3)11-10-27(2)29(38)4;/h7-15,22,32-33,36,46H,16-21,23-25H2,1-6H3;1H. The van der Waals surface area contributed by atoms with Gasteiger partial charge in [0.05, 0.1) is 25.2 Å². The van der Waals surface area contributed by atoms with Gasteiger partial charge >= 0.3 is 6.09 Å². The molecule has 1 saturated heterocycles. The first-order valence-corrected chi connectivity index (χ1v) is 19.6. The molecule has 0 aromatic heterocycles. The van der Waals surface area contributed by atoms with E-state index in [1.165, 1.54) is 5.56 Å². The summed E-state index contributed by atoms with van der Waals surface area (Å²) in [6.07, 6.45) is 2.43. The van der Waals surface area contributed by atoms with E-state index < -0.39 is 21.5 Å². The summed E-state index contributed by atoms with van der Waals surface area (Å²) >= 11 is 18.7. The summed E-state index contributed by atoms with van der Waals surface area (Å²) in [5.41, 5.74) is 6.81. The predicted molar refractivity (Wildman–Crippen MR) is 220 cm³/mol. The summed E-state index contributed by atoms with van der Waals surface area (Å²) in [7, 11) is 0. The van der Waals surface area contributed by atoms with Gasteiger partial charge in [0.1, 0.15) is 18.1 Å². The maximum absolute atomic E-state index is 14.9. The number of hydrogen-bond acceptors (Lipinski definition) is 6. The van der Waals surface area contributed by atoms with E-state index in [9.17, 15) is 9.59 Å². The highest BCUT2D eigenvalue weighted by molar-refractivity contribution is 6.68. The third-order valence-electron chi connectivity index (χ3n) is 10.7. The number of benzene rings is 3. The molecule has 3 aromatic rings. The molecule has 1 saturated carbocycles. The zero-order chi connectivity index (χ0) is 38.1. The molecule has 2 bridgehead atoms. The Morgan fingerprint density at radius 1 is 0.907 bits per heavy atom. The number of piperazine rings is 1. The van der Waals surface area contributed by atoms with Crippen LogP contribution >= 0.6 is 47.2 Å². The molecule has 6 rings (SSSR count). The Morgan fingerprint density at radius 2 is 1.61 bits per heavy atom. The molecule has 2 heterocycles. The average molecular weight is 820 g/mol. The number of nitrogens with one attached hydrogen (secondary N) is 1. The monoisotopic (exact) mass is 817 g/mol. The molecule has 1 aliphatic carbocycles. The Bertz CT molecular complexity index is 1860. The highest BCUT2D eigenvalue weighted by atomic mass is 35.6. The number of fused-ring (bicyclic) bond motifs is 2. The van der Waals surface area contributed by atoms with Gasteiger partial charge in [-0.2, -0.15) is 0 Å². The molecule has 3 aromatic carbocycles. The molecule has 2 fully saturated rings. The number of carbonyl (C=O) groups is 2. The molecular weight excluding hydrogens is 768 g/mol. The smallest absolute Gasteiger partial charge is 0.411 e. The van der Waals surface area contributed by atoms with Crippen molar-refractivity contribution in [3.8, 4) is 11.5 Å². The zero-order valence-corrected chi connectivity index (χ0v) is 34.9. The number of rotatable bonds is 12. The molecule has 1 N–H and O–H groups in total. The first-order valence-electron chi connectivity index (χ1n) is 18.5. The van der Waals surface area contributed by atoms with Gasteiger partial charge in [0.2, 0.25) is 3.79 Å². The summed E-state index contributed by atoms with van der Waals surface area (Å²) in [5, 5.41) is 3.46. The van der Waals surface area contributed by atoms with Crippen molar-refractivity contribution in [2.75, 3.05) is 32.8 Å². The van der Waals surface area contributed by atoms with Crippen molar-refractivity contribution >= 4 is 64.8 Å². The summed E-state index contributed by atoms with van der Waals surface area (Å²) in [5.74, 6) is 1.62. The number of nitrogens with zero attached hydrogens (tertiary/aromatic N) is 2. The van der Waals surface area contributed by atoms with Crippen LogP contribution in [-0.4, -0.2) is 82.2 Å². The Hall–Kier alpha value is -3.14. The molecular formula is C42H51Cl4N3O5. The topological polar surface area (TPSA) is 80.3 Å². The fourth-order valence-electron chi connectivity index (χ4n) is 7.20. The highest BCUT2D eigenvalue weighted by Gasteiger charge is 2.50. The van der Waals surface area contributed by atoms with Gasteiger partial charge in [-0.05, 0) is 112 Å². The van der Waals surface area contributed by atoms with Crippen LogP contribution in [0.2, 0.25) is 0 Å². The van der Waals surface area contributed by atoms with Crippen LogP contribution in [0, 0.1) is 27.7 Å². The number of halogens is 4. The second kappa shape index (κ2) is 17.3. The van der Waals surface area contributed by atoms with Crippen LogP contribution in [0.3, 0.4) is 0 Å². The Balaban J connectivity index is 0.00000561. The van der Waals surface area contributed by atoms with E-state index in [1.807, 2.05) is 36.1 Å². The summed E-state index contributed by atoms with van der Waals surface area (Å²) in [6.45, 7) is 13.7. The van der Waals surface area contributed by atoms with Gasteiger partial charge in [0.15, 0.2) is 5.60 Å². The maximum Gasteiger partial charge on any atom is 0.411 e. The van der Waals surface area contributed by atoms with Crippen molar-refractivity contribution in [3.63, 3.8) is 0 Å². The van der Waals surface area contributed by atoms with E-state index in [0.29, 0.717) is 44.8 Å². The minimum atomic E-state index is -1.85. The number of ether oxygens (including phenoxy) is 3. The molecule has 12 heteroatoms. The van der Waals surface area contributed by atoms with Crippen molar-refractivity contribution in [1.82, 2.24) is 15.1 Å². The lowest BCUT2D eigenvalue weighted by Crippen LogP contribution is -2.64. The second-order valence-electron chi connectivity index (χ2n) is 15.1. The minimum Gasteiger partial charge on any atom is -0.493 e. The summed E-state index contributed by atoms with van der Waals surface area (Å²) in [6, 6.07) is 19.8. The van der Waals surface area contributed by atoms with Crippen LogP contribution in [0.4, 0.5) is 4.79 Å². The fraction of sp³-hybridized carbons (Fsp3) is 0.476. The molecule has 0 radical (unpaired) electrons. The van der Waals surface area contributed by atoms with Gasteiger partial charge in [-0.15, -0.1) is 12.4 Å². The first kappa shape index (κ1) is 42.0. The summed E-state index contributed by atoms with van der Waals surface area (Å²) < 4.78 is 16.4. The quantitative estimate of drug-likeness (QED) is 0.184. The van der Waals surface area contributed by atoms with Crippen molar-refractivity contribution in [2.24, 2.45) is 0 Å². The molecule has 8 nitrogen and oxygen atoms in total. The van der Waals surface area contributed by atoms with E-state index in [4.69, 9.17) is 49.0 Å². The van der Waals surface area contributed by atoms with Gasteiger partial charge < -0.3 is 24.4 Å². The van der Waals surface area contributed by atoms with Gasteiger partial charge in [-0.25, -0.2) is 4.79 Å². The van der Waals surface area contributed by atoms with E-state index in [1.54, 1.807) is 18.7 Å². The number of amides is 2. The van der Waals surface area contributed by atoms with E-state index in [2.05, 4.69) is 62.5 Å². The maximum atomic E-state index is 14.9. The number of hydrogen-bond donors (Lipinski definition) is 1. The molecule has 54 heavy (non-hydrogen) atoms. The van der Waals surface area contributed by atoms with Crippen LogP contribution in [-0.2, 0) is 16.0 Å². The fourth-order valence-corrected chi connectivity index (χ4v) is 7.31. The van der Waals surface area contributed by atoms with E-state index in [-0.39, 0.29) is 30.4 Å². The van der Waals surface area contributed by atoms with Crippen LogP contribution in [0.25, 0.3) is 5.57 Å². The van der Waals surface area contributed by atoms with Gasteiger partial charge in [0, 0.05) is 31.1 Å². The predicted octanol–water partition coefficient (Wildman–Crippen LogP) is 9.12. The number of alkyl halides is 3. The number of aryl methyl sites for hydroxylation is 3. The third kappa shape index (κ3) is 9.44. The zero-order valence-electron chi connectivity index (χ0n) is 31.8. The Kier molecular flexibility index (Phi) is 13.5. The minimum absolute atomic E-state index is 0. The second-order valence-corrected chi connectivity index (χ2v) is 17.3. The van der Waals surface area contributed by atoms with Crippen LogP contribution in [0.15, 0.2) is 66.2 Å². The van der Waals surface area contributed by atoms with Crippen LogP contribution < -0.4 is 14.8 Å². The van der Waals surface area contributed by atoms with Crippen molar-refractivity contribution < 1.29 is 23.8 Å². The lowest BCUT2D eigenvalue weighted by molar-refractivity contribution is -0.129. The van der Waals surface area contributed by atoms with Crippen LogP contribution in [0.5, 0.6) is 11.5 Å². The average Bonchev–Trinajstić information content (AvgIpc) is 3.94. The van der Waals surface area contributed by atoms with Crippen molar-refractivity contribution in [3.05, 3.63) is 99.6 Å². The first-order chi connectivity index (χ1) is 25.1. The summed E-state index contributed by atoms with van der Waals surface area (Å²) in [4.78, 5) is 32.5. The lowest BCUT2D eigenvalue weighted by Gasteiger charge is -2.48. The van der Waals surface area contributed by atoms with Gasteiger partial charge in [0.25, 0.3) is 5.91 Å². The lowest BCUT2D eigenvalue weighted by atomic mass is 9.81. The molecule has 0 spiro atoms. The Morgan fingerprint density at radius 3 is 2.28 bits per heavy atom. The molecule has 2 amide bonds. The van der Waals surface area contributed by atoms with Crippen molar-refractivity contribution in [2.45, 2.75) is 94.7 Å². The SMILES string of the molecule is Cc1cccc(OCCN(C(=O)C2=C(c3ccc(CCOc4c(C)ccc(C)c4C)cc3)CC3CNCC2N3C(=O)OC(C)(C)C(Cl)(Cl)Cl)C2CC2)c1.Cl. The highest BCUT2D eigenvalue weighted by Crippen LogP contribution is 2.43. The van der Waals surface area contributed by atoms with Crippen LogP contribution in [0.1, 0.15) is 66.5 Å². The number of carbonyl (C=O) groups excluding carboxylic acids is 2. The Labute approximate surface area is 340 Å². The molecule has 3 aliphatic rings. The molecule has 292 valence electrons.